The lowest BCUT2D eigenvalue weighted by atomic mass is 10.1. The summed E-state index contributed by atoms with van der Waals surface area (Å²) in [4.78, 5) is 16.6. The molecule has 1 aromatic heterocycles. The van der Waals surface area contributed by atoms with Gasteiger partial charge in [-0.2, -0.15) is 0 Å². The number of nitrogens with one attached hydrogen (secondary N) is 1. The zero-order valence-corrected chi connectivity index (χ0v) is 16.4. The number of halogens is 2. The van der Waals surface area contributed by atoms with Crippen molar-refractivity contribution < 1.29 is 9.53 Å². The van der Waals surface area contributed by atoms with Gasteiger partial charge in [-0.3, -0.25) is 5.32 Å². The van der Waals surface area contributed by atoms with E-state index in [9.17, 15) is 4.79 Å². The van der Waals surface area contributed by atoms with Crippen LogP contribution in [0.25, 0.3) is 11.3 Å². The molecule has 0 aliphatic rings. The van der Waals surface area contributed by atoms with E-state index < -0.39 is 12.2 Å². The largest absolute Gasteiger partial charge is 0.441 e. The summed E-state index contributed by atoms with van der Waals surface area (Å²) in [5.74, 6) is 0. The van der Waals surface area contributed by atoms with Gasteiger partial charge in [0.25, 0.3) is 0 Å². The number of anilines is 1. The van der Waals surface area contributed by atoms with Gasteiger partial charge in [-0.05, 0) is 25.1 Å². The van der Waals surface area contributed by atoms with Gasteiger partial charge in [-0.25, -0.2) is 9.78 Å². The number of carbonyl (C=O) groups is 1. The van der Waals surface area contributed by atoms with E-state index in [2.05, 4.69) is 26.2 Å². The first-order valence-corrected chi connectivity index (χ1v) is 9.51. The van der Waals surface area contributed by atoms with Crippen molar-refractivity contribution in [2.24, 2.45) is 0 Å². The maximum atomic E-state index is 12.2. The molecule has 1 N–H and O–H groups in total. The molecule has 0 unspecified atom stereocenters. The van der Waals surface area contributed by atoms with Gasteiger partial charge in [-0.15, -0.1) is 11.3 Å². The fourth-order valence-electron chi connectivity index (χ4n) is 2.30. The van der Waals surface area contributed by atoms with Crippen LogP contribution in [-0.2, 0) is 4.74 Å². The molecular weight excluding hydrogens is 424 g/mol. The van der Waals surface area contributed by atoms with E-state index in [0.29, 0.717) is 15.7 Å². The van der Waals surface area contributed by atoms with Crippen LogP contribution in [0.5, 0.6) is 0 Å². The van der Waals surface area contributed by atoms with Gasteiger partial charge in [0.15, 0.2) is 0 Å². The molecule has 3 aromatic rings. The third kappa shape index (κ3) is 4.39. The van der Waals surface area contributed by atoms with Crippen LogP contribution in [0.3, 0.4) is 0 Å². The molecule has 1 amide bonds. The van der Waals surface area contributed by atoms with Crippen LogP contribution in [0.4, 0.5) is 9.80 Å². The van der Waals surface area contributed by atoms with Gasteiger partial charge >= 0.3 is 6.09 Å². The van der Waals surface area contributed by atoms with E-state index in [0.717, 1.165) is 15.6 Å². The highest BCUT2D eigenvalue weighted by Gasteiger charge is 2.17. The van der Waals surface area contributed by atoms with Gasteiger partial charge in [0.05, 0.1) is 5.51 Å². The van der Waals surface area contributed by atoms with Gasteiger partial charge in [-0.1, -0.05) is 57.9 Å². The van der Waals surface area contributed by atoms with Crippen LogP contribution in [0.2, 0.25) is 5.02 Å². The number of hydrogen-bond donors (Lipinski definition) is 1. The molecule has 0 spiro atoms. The van der Waals surface area contributed by atoms with Crippen LogP contribution >= 0.6 is 38.9 Å². The minimum atomic E-state index is -0.546. The molecule has 3 rings (SSSR count). The summed E-state index contributed by atoms with van der Waals surface area (Å²) < 4.78 is 6.42. The molecule has 2 aromatic carbocycles. The van der Waals surface area contributed by atoms with Crippen LogP contribution in [-0.4, -0.2) is 11.1 Å². The third-order valence-corrected chi connectivity index (χ3v) is 5.14. The fraction of sp³-hybridized carbons (Fsp3) is 0.111. The Labute approximate surface area is 162 Å². The zero-order valence-electron chi connectivity index (χ0n) is 13.2. The SMILES string of the molecule is C[C@@H](OC(=O)Nc1scnc1-c1ccc(Br)cc1)c1ccccc1Cl. The first-order chi connectivity index (χ1) is 12.0. The summed E-state index contributed by atoms with van der Waals surface area (Å²) in [5, 5.41) is 3.97. The van der Waals surface area contributed by atoms with Crippen LogP contribution in [0.15, 0.2) is 58.5 Å². The standard InChI is InChI=1S/C18H14BrClN2O2S/c1-11(14-4-2-3-5-15(14)20)24-18(23)22-17-16(21-10-25-17)12-6-8-13(19)9-7-12/h2-11H,1H3,(H,22,23)/t11-/m1/s1. The van der Waals surface area contributed by atoms with E-state index in [4.69, 9.17) is 16.3 Å². The molecule has 25 heavy (non-hydrogen) atoms. The first-order valence-electron chi connectivity index (χ1n) is 7.46. The minimum absolute atomic E-state index is 0.460. The Morgan fingerprint density at radius 2 is 1.96 bits per heavy atom. The average molecular weight is 438 g/mol. The monoisotopic (exact) mass is 436 g/mol. The summed E-state index contributed by atoms with van der Waals surface area (Å²) in [6.45, 7) is 1.78. The van der Waals surface area contributed by atoms with Crippen molar-refractivity contribution in [1.82, 2.24) is 4.98 Å². The minimum Gasteiger partial charge on any atom is -0.441 e. The molecule has 0 aliphatic heterocycles. The van der Waals surface area contributed by atoms with E-state index in [1.807, 2.05) is 42.5 Å². The molecule has 128 valence electrons. The number of amides is 1. The predicted molar refractivity (Wildman–Crippen MR) is 105 cm³/mol. The molecule has 0 saturated heterocycles. The number of aromatic nitrogens is 1. The smallest absolute Gasteiger partial charge is 0.412 e. The lowest BCUT2D eigenvalue weighted by Crippen LogP contribution is -2.16. The summed E-state index contributed by atoms with van der Waals surface area (Å²) >= 11 is 10.9. The molecular formula is C18H14BrClN2O2S. The van der Waals surface area contributed by atoms with Crippen molar-refractivity contribution in [2.45, 2.75) is 13.0 Å². The van der Waals surface area contributed by atoms with Crippen molar-refractivity contribution in [3.05, 3.63) is 69.1 Å². The Balaban J connectivity index is 1.71. The molecule has 7 heteroatoms. The first kappa shape index (κ1) is 17.9. The highest BCUT2D eigenvalue weighted by molar-refractivity contribution is 9.10. The highest BCUT2D eigenvalue weighted by Crippen LogP contribution is 2.32. The summed E-state index contributed by atoms with van der Waals surface area (Å²) in [5.41, 5.74) is 4.07. The summed E-state index contributed by atoms with van der Waals surface area (Å²) in [6, 6.07) is 15.0. The fourth-order valence-corrected chi connectivity index (χ4v) is 3.54. The molecule has 1 heterocycles. The number of rotatable bonds is 4. The second kappa shape index (κ2) is 7.99. The molecule has 0 saturated carbocycles. The molecule has 0 bridgehead atoms. The number of hydrogen-bond acceptors (Lipinski definition) is 4. The quantitative estimate of drug-likeness (QED) is 0.504. The number of ether oxygens (including phenoxy) is 1. The Hall–Kier alpha value is -1.89. The normalized spacial score (nSPS) is 11.8. The summed E-state index contributed by atoms with van der Waals surface area (Å²) in [7, 11) is 0. The zero-order chi connectivity index (χ0) is 17.8. The van der Waals surface area contributed by atoms with E-state index in [1.165, 1.54) is 11.3 Å². The Morgan fingerprint density at radius 3 is 2.68 bits per heavy atom. The van der Waals surface area contributed by atoms with Crippen molar-refractivity contribution in [3.63, 3.8) is 0 Å². The Kier molecular flexibility index (Phi) is 5.73. The number of thiazole rings is 1. The van der Waals surface area contributed by atoms with Crippen LogP contribution in [0, 0.1) is 0 Å². The number of carbonyl (C=O) groups excluding carboxylic acids is 1. The maximum absolute atomic E-state index is 12.2. The topological polar surface area (TPSA) is 51.2 Å². The predicted octanol–water partition coefficient (Wildman–Crippen LogP) is 6.54. The van der Waals surface area contributed by atoms with E-state index in [1.54, 1.807) is 18.5 Å². The van der Waals surface area contributed by atoms with Crippen molar-refractivity contribution >= 4 is 50.0 Å². The maximum Gasteiger partial charge on any atom is 0.412 e. The summed E-state index contributed by atoms with van der Waals surface area (Å²) in [6.07, 6.45) is -1.01. The van der Waals surface area contributed by atoms with E-state index >= 15 is 0 Å². The highest BCUT2D eigenvalue weighted by atomic mass is 79.9. The Morgan fingerprint density at radius 1 is 1.24 bits per heavy atom. The van der Waals surface area contributed by atoms with Gasteiger partial charge in [0.2, 0.25) is 0 Å². The number of nitrogens with zero attached hydrogens (tertiary/aromatic N) is 1. The van der Waals surface area contributed by atoms with Crippen LogP contribution < -0.4 is 5.32 Å². The van der Waals surface area contributed by atoms with Gasteiger partial charge in [0.1, 0.15) is 16.8 Å². The molecule has 1 atom stereocenters. The molecule has 0 aliphatic carbocycles. The molecule has 4 nitrogen and oxygen atoms in total. The average Bonchev–Trinajstić information content (AvgIpc) is 3.03. The van der Waals surface area contributed by atoms with Gasteiger partial charge < -0.3 is 4.74 Å². The van der Waals surface area contributed by atoms with Crippen LogP contribution in [0.1, 0.15) is 18.6 Å². The lowest BCUT2D eigenvalue weighted by molar-refractivity contribution is 0.121. The molecule has 0 radical (unpaired) electrons. The van der Waals surface area contributed by atoms with Crippen molar-refractivity contribution in [3.8, 4) is 11.3 Å². The second-order valence-corrected chi connectivity index (χ2v) is 7.41. The Bertz CT molecular complexity index is 883. The van der Waals surface area contributed by atoms with E-state index in [-0.39, 0.29) is 0 Å². The lowest BCUT2D eigenvalue weighted by Gasteiger charge is -2.15. The van der Waals surface area contributed by atoms with Crippen molar-refractivity contribution in [1.29, 1.82) is 0 Å². The van der Waals surface area contributed by atoms with Crippen molar-refractivity contribution in [2.75, 3.05) is 5.32 Å². The number of benzene rings is 2. The molecule has 0 fully saturated rings. The second-order valence-electron chi connectivity index (χ2n) is 5.23. The van der Waals surface area contributed by atoms with Gasteiger partial charge in [0, 0.05) is 20.6 Å². The third-order valence-electron chi connectivity index (χ3n) is 3.53.